The number of nitrogens with two attached hydrogens (primary N) is 1. The molecule has 0 aromatic heterocycles. The number of hydrogen-bond donors (Lipinski definition) is 1. The molecule has 19 heavy (non-hydrogen) atoms. The van der Waals surface area contributed by atoms with Crippen molar-refractivity contribution in [1.82, 2.24) is 4.90 Å². The highest BCUT2D eigenvalue weighted by Gasteiger charge is 2.33. The average Bonchev–Trinajstić information content (AvgIpc) is 2.30. The molecule has 1 rings (SSSR count). The maximum atomic E-state index is 12.4. The molecule has 1 aromatic carbocycles. The van der Waals surface area contributed by atoms with Gasteiger partial charge in [-0.15, -0.1) is 13.2 Å². The number of ether oxygens (including phenoxy) is 1. The molecule has 6 heteroatoms. The van der Waals surface area contributed by atoms with Crippen molar-refractivity contribution in [3.8, 4) is 5.75 Å². The largest absolute Gasteiger partial charge is 0.573 e. The van der Waals surface area contributed by atoms with Gasteiger partial charge in [-0.3, -0.25) is 4.90 Å². The predicted molar refractivity (Wildman–Crippen MR) is 67.8 cm³/mol. The monoisotopic (exact) mass is 276 g/mol. The SMILES string of the molecule is CCCN(C)C(CN)c1ccccc1OC(F)(F)F. The third-order valence-electron chi connectivity index (χ3n) is 2.84. The van der Waals surface area contributed by atoms with Crippen LogP contribution in [-0.4, -0.2) is 31.4 Å². The van der Waals surface area contributed by atoms with Crippen molar-refractivity contribution in [3.63, 3.8) is 0 Å². The molecule has 0 heterocycles. The first-order valence-corrected chi connectivity index (χ1v) is 6.14. The molecule has 0 radical (unpaired) electrons. The fourth-order valence-corrected chi connectivity index (χ4v) is 2.03. The molecule has 108 valence electrons. The highest BCUT2D eigenvalue weighted by Crippen LogP contribution is 2.32. The van der Waals surface area contributed by atoms with Gasteiger partial charge in [0.05, 0.1) is 6.04 Å². The van der Waals surface area contributed by atoms with Crippen LogP contribution in [0.5, 0.6) is 5.75 Å². The summed E-state index contributed by atoms with van der Waals surface area (Å²) in [5.41, 5.74) is 6.15. The molecule has 2 N–H and O–H groups in total. The van der Waals surface area contributed by atoms with Crippen LogP contribution in [0.1, 0.15) is 24.9 Å². The fraction of sp³-hybridized carbons (Fsp3) is 0.538. The van der Waals surface area contributed by atoms with Crippen molar-refractivity contribution < 1.29 is 17.9 Å². The molecule has 3 nitrogen and oxygen atoms in total. The molecule has 0 saturated heterocycles. The van der Waals surface area contributed by atoms with Gasteiger partial charge in [0.2, 0.25) is 0 Å². The number of halogens is 3. The van der Waals surface area contributed by atoms with Crippen molar-refractivity contribution in [2.75, 3.05) is 20.1 Å². The van der Waals surface area contributed by atoms with Crippen LogP contribution in [0.25, 0.3) is 0 Å². The minimum atomic E-state index is -4.70. The first kappa shape index (κ1) is 15.8. The first-order chi connectivity index (χ1) is 8.89. The van der Waals surface area contributed by atoms with E-state index in [9.17, 15) is 13.2 Å². The molecule has 0 aliphatic heterocycles. The summed E-state index contributed by atoms with van der Waals surface area (Å²) in [6.07, 6.45) is -3.80. The Bertz CT molecular complexity index is 396. The number of rotatable bonds is 6. The van der Waals surface area contributed by atoms with Gasteiger partial charge >= 0.3 is 6.36 Å². The Morgan fingerprint density at radius 2 is 1.95 bits per heavy atom. The van der Waals surface area contributed by atoms with E-state index in [1.54, 1.807) is 12.1 Å². The Morgan fingerprint density at radius 1 is 1.32 bits per heavy atom. The van der Waals surface area contributed by atoms with Crippen molar-refractivity contribution >= 4 is 0 Å². The standard InChI is InChI=1S/C13H19F3N2O/c1-3-8-18(2)11(9-17)10-6-4-5-7-12(10)19-13(14,15)16/h4-7,11H,3,8-9,17H2,1-2H3. The third kappa shape index (κ3) is 4.72. The number of para-hydroxylation sites is 1. The lowest BCUT2D eigenvalue weighted by atomic mass is 10.0. The summed E-state index contributed by atoms with van der Waals surface area (Å²) in [5.74, 6) is -0.187. The van der Waals surface area contributed by atoms with Gasteiger partial charge in [0.15, 0.2) is 0 Å². The Hall–Kier alpha value is -1.27. The third-order valence-corrected chi connectivity index (χ3v) is 2.84. The van der Waals surface area contributed by atoms with Crippen molar-refractivity contribution in [1.29, 1.82) is 0 Å². The zero-order valence-corrected chi connectivity index (χ0v) is 11.1. The number of nitrogens with zero attached hydrogens (tertiary/aromatic N) is 1. The highest BCUT2D eigenvalue weighted by molar-refractivity contribution is 5.36. The minimum Gasteiger partial charge on any atom is -0.405 e. The van der Waals surface area contributed by atoms with Crippen LogP contribution < -0.4 is 10.5 Å². The number of benzene rings is 1. The van der Waals surface area contributed by atoms with E-state index in [4.69, 9.17) is 5.73 Å². The molecule has 0 fully saturated rings. The van der Waals surface area contributed by atoms with E-state index in [1.165, 1.54) is 12.1 Å². The summed E-state index contributed by atoms with van der Waals surface area (Å²) in [7, 11) is 1.84. The summed E-state index contributed by atoms with van der Waals surface area (Å²) in [5, 5.41) is 0. The summed E-state index contributed by atoms with van der Waals surface area (Å²) >= 11 is 0. The Labute approximate surface area is 111 Å². The minimum absolute atomic E-state index is 0.187. The van der Waals surface area contributed by atoms with E-state index in [0.717, 1.165) is 13.0 Å². The molecule has 0 spiro atoms. The zero-order chi connectivity index (χ0) is 14.5. The van der Waals surface area contributed by atoms with Gasteiger partial charge in [0.1, 0.15) is 5.75 Å². The number of hydrogen-bond acceptors (Lipinski definition) is 3. The molecular formula is C13H19F3N2O. The quantitative estimate of drug-likeness (QED) is 0.868. The summed E-state index contributed by atoms with van der Waals surface area (Å²) < 4.78 is 41.2. The van der Waals surface area contributed by atoms with Crippen LogP contribution in [0, 0.1) is 0 Å². The smallest absolute Gasteiger partial charge is 0.405 e. The molecule has 1 atom stereocenters. The van der Waals surface area contributed by atoms with E-state index >= 15 is 0 Å². The highest BCUT2D eigenvalue weighted by atomic mass is 19.4. The van der Waals surface area contributed by atoms with E-state index in [2.05, 4.69) is 4.74 Å². The van der Waals surface area contributed by atoms with Crippen molar-refractivity contribution in [2.24, 2.45) is 5.73 Å². The number of alkyl halides is 3. The zero-order valence-electron chi connectivity index (χ0n) is 11.1. The topological polar surface area (TPSA) is 38.5 Å². The Kier molecular flexibility index (Phi) is 5.62. The maximum Gasteiger partial charge on any atom is 0.573 e. The van der Waals surface area contributed by atoms with Gasteiger partial charge in [-0.1, -0.05) is 25.1 Å². The van der Waals surface area contributed by atoms with Gasteiger partial charge in [-0.25, -0.2) is 0 Å². The van der Waals surface area contributed by atoms with Crippen LogP contribution in [0.2, 0.25) is 0 Å². The van der Waals surface area contributed by atoms with E-state index in [-0.39, 0.29) is 18.3 Å². The van der Waals surface area contributed by atoms with Crippen LogP contribution >= 0.6 is 0 Å². The second-order valence-corrected chi connectivity index (χ2v) is 4.32. The lowest BCUT2D eigenvalue weighted by Gasteiger charge is -2.28. The summed E-state index contributed by atoms with van der Waals surface area (Å²) in [4.78, 5) is 1.93. The second-order valence-electron chi connectivity index (χ2n) is 4.32. The van der Waals surface area contributed by atoms with Crippen LogP contribution in [-0.2, 0) is 0 Å². The Morgan fingerprint density at radius 3 is 2.47 bits per heavy atom. The van der Waals surface area contributed by atoms with Gasteiger partial charge in [-0.2, -0.15) is 0 Å². The molecule has 0 bridgehead atoms. The molecule has 1 unspecified atom stereocenters. The van der Waals surface area contributed by atoms with Gasteiger partial charge in [0.25, 0.3) is 0 Å². The van der Waals surface area contributed by atoms with Crippen molar-refractivity contribution in [3.05, 3.63) is 29.8 Å². The van der Waals surface area contributed by atoms with Crippen LogP contribution in [0.4, 0.5) is 13.2 Å². The van der Waals surface area contributed by atoms with Gasteiger partial charge in [0, 0.05) is 12.1 Å². The molecule has 0 aliphatic rings. The summed E-state index contributed by atoms with van der Waals surface area (Å²) in [6.45, 7) is 2.99. The molecule has 0 saturated carbocycles. The molecular weight excluding hydrogens is 257 g/mol. The van der Waals surface area contributed by atoms with E-state index < -0.39 is 6.36 Å². The lowest BCUT2D eigenvalue weighted by molar-refractivity contribution is -0.275. The van der Waals surface area contributed by atoms with Gasteiger partial charge < -0.3 is 10.5 Å². The maximum absolute atomic E-state index is 12.4. The van der Waals surface area contributed by atoms with Gasteiger partial charge in [-0.05, 0) is 26.1 Å². The second kappa shape index (κ2) is 6.77. The molecule has 0 aliphatic carbocycles. The average molecular weight is 276 g/mol. The Balaban J connectivity index is 3.03. The van der Waals surface area contributed by atoms with Crippen LogP contribution in [0.15, 0.2) is 24.3 Å². The summed E-state index contributed by atoms with van der Waals surface area (Å²) in [6, 6.07) is 5.83. The van der Waals surface area contributed by atoms with Crippen LogP contribution in [0.3, 0.4) is 0 Å². The normalized spacial score (nSPS) is 13.6. The fourth-order valence-electron chi connectivity index (χ4n) is 2.03. The van der Waals surface area contributed by atoms with E-state index in [1.807, 2.05) is 18.9 Å². The van der Waals surface area contributed by atoms with Crippen molar-refractivity contribution in [2.45, 2.75) is 25.7 Å². The number of likely N-dealkylation sites (N-methyl/N-ethyl adjacent to an activating group) is 1. The predicted octanol–water partition coefficient (Wildman–Crippen LogP) is 2.93. The molecule has 1 aromatic rings. The van der Waals surface area contributed by atoms with E-state index in [0.29, 0.717) is 5.56 Å². The lowest BCUT2D eigenvalue weighted by Crippen LogP contribution is -2.32. The molecule has 0 amide bonds. The first-order valence-electron chi connectivity index (χ1n) is 6.14.